The molecule has 8 heteroatoms. The maximum absolute atomic E-state index is 12.3. The van der Waals surface area contributed by atoms with Crippen molar-refractivity contribution in [3.8, 4) is 0 Å². The van der Waals surface area contributed by atoms with Gasteiger partial charge in [-0.25, -0.2) is 9.78 Å². The molecule has 1 N–H and O–H groups in total. The van der Waals surface area contributed by atoms with Crippen LogP contribution in [0.5, 0.6) is 0 Å². The molecule has 3 aromatic rings. The highest BCUT2D eigenvalue weighted by Crippen LogP contribution is 2.18. The summed E-state index contributed by atoms with van der Waals surface area (Å²) in [6, 6.07) is 8.11. The smallest absolute Gasteiger partial charge is 0.321 e. The molecule has 0 aliphatic carbocycles. The number of anilines is 1. The van der Waals surface area contributed by atoms with E-state index in [-0.39, 0.29) is 11.0 Å². The van der Waals surface area contributed by atoms with Crippen molar-refractivity contribution < 1.29 is 4.79 Å². The third kappa shape index (κ3) is 2.59. The van der Waals surface area contributed by atoms with E-state index in [2.05, 4.69) is 10.3 Å². The van der Waals surface area contributed by atoms with Crippen molar-refractivity contribution in [2.45, 2.75) is 0 Å². The average molecular weight is 345 g/mol. The van der Waals surface area contributed by atoms with Crippen molar-refractivity contribution in [3.05, 3.63) is 68.0 Å². The van der Waals surface area contributed by atoms with Crippen LogP contribution in [-0.4, -0.2) is 20.0 Å². The number of carbonyl (C=O) groups is 1. The van der Waals surface area contributed by atoms with Gasteiger partial charge in [-0.2, -0.15) is 0 Å². The van der Waals surface area contributed by atoms with E-state index in [1.807, 2.05) is 0 Å². The van der Waals surface area contributed by atoms with Crippen LogP contribution in [0.1, 0.15) is 10.4 Å². The van der Waals surface area contributed by atoms with Gasteiger partial charge in [-0.05, 0) is 18.2 Å². The molecule has 0 spiro atoms. The number of aryl methyl sites for hydroxylation is 1. The Morgan fingerprint density at radius 3 is 2.58 bits per heavy atom. The van der Waals surface area contributed by atoms with Gasteiger partial charge in [-0.15, -0.1) is 0 Å². The molecule has 2 heterocycles. The van der Waals surface area contributed by atoms with E-state index < -0.39 is 17.2 Å². The molecule has 122 valence electrons. The fourth-order valence-electron chi connectivity index (χ4n) is 2.38. The van der Waals surface area contributed by atoms with Crippen molar-refractivity contribution in [2.24, 2.45) is 14.1 Å². The zero-order valence-electron chi connectivity index (χ0n) is 12.9. The second kappa shape index (κ2) is 5.93. The summed E-state index contributed by atoms with van der Waals surface area (Å²) in [6.45, 7) is 0. The number of halogens is 1. The molecule has 0 atom stereocenters. The maximum Gasteiger partial charge on any atom is 0.332 e. The molecular formula is C16H13ClN4O3. The van der Waals surface area contributed by atoms with E-state index in [1.54, 1.807) is 24.3 Å². The molecule has 3 rings (SSSR count). The van der Waals surface area contributed by atoms with Gasteiger partial charge < -0.3 is 5.32 Å². The molecule has 7 nitrogen and oxygen atoms in total. The van der Waals surface area contributed by atoms with Gasteiger partial charge in [0.05, 0.1) is 27.9 Å². The lowest BCUT2D eigenvalue weighted by Gasteiger charge is -2.09. The first-order valence-electron chi connectivity index (χ1n) is 7.02. The molecule has 0 radical (unpaired) electrons. The highest BCUT2D eigenvalue weighted by molar-refractivity contribution is 6.34. The first-order valence-corrected chi connectivity index (χ1v) is 7.39. The van der Waals surface area contributed by atoms with Crippen molar-refractivity contribution in [3.63, 3.8) is 0 Å². The normalized spacial score (nSPS) is 10.8. The summed E-state index contributed by atoms with van der Waals surface area (Å²) in [4.78, 5) is 40.5. The van der Waals surface area contributed by atoms with E-state index >= 15 is 0 Å². The first-order chi connectivity index (χ1) is 11.4. The fourth-order valence-corrected chi connectivity index (χ4v) is 2.60. The number of amides is 1. The van der Waals surface area contributed by atoms with Crippen LogP contribution in [0.3, 0.4) is 0 Å². The minimum atomic E-state index is -0.477. The third-order valence-corrected chi connectivity index (χ3v) is 4.00. The highest BCUT2D eigenvalue weighted by Gasteiger charge is 2.13. The quantitative estimate of drug-likeness (QED) is 0.764. The summed E-state index contributed by atoms with van der Waals surface area (Å²) in [7, 11) is 2.91. The first kappa shape index (κ1) is 15.9. The average Bonchev–Trinajstić information content (AvgIpc) is 2.58. The van der Waals surface area contributed by atoms with Crippen LogP contribution in [0.4, 0.5) is 5.69 Å². The van der Waals surface area contributed by atoms with Crippen molar-refractivity contribution in [2.75, 3.05) is 5.32 Å². The Morgan fingerprint density at radius 1 is 1.17 bits per heavy atom. The molecule has 0 unspecified atom stereocenters. The summed E-state index contributed by atoms with van der Waals surface area (Å²) < 4.78 is 2.26. The molecule has 24 heavy (non-hydrogen) atoms. The number of pyridine rings is 1. The van der Waals surface area contributed by atoms with Crippen molar-refractivity contribution in [1.82, 2.24) is 14.1 Å². The molecule has 0 aliphatic heterocycles. The number of fused-ring (bicyclic) bond motifs is 1. The Morgan fingerprint density at radius 2 is 1.88 bits per heavy atom. The molecule has 1 aromatic carbocycles. The van der Waals surface area contributed by atoms with E-state index in [9.17, 15) is 14.4 Å². The Kier molecular flexibility index (Phi) is 3.94. The van der Waals surface area contributed by atoms with Gasteiger partial charge >= 0.3 is 5.69 Å². The van der Waals surface area contributed by atoms with Crippen LogP contribution in [0, 0.1) is 0 Å². The number of benzene rings is 1. The van der Waals surface area contributed by atoms with Gasteiger partial charge in [0.2, 0.25) is 0 Å². The third-order valence-electron chi connectivity index (χ3n) is 3.67. The molecule has 2 aromatic heterocycles. The Labute approximate surface area is 141 Å². The summed E-state index contributed by atoms with van der Waals surface area (Å²) in [5.74, 6) is -0.414. The van der Waals surface area contributed by atoms with Crippen LogP contribution in [0.15, 0.2) is 46.1 Å². The Bertz CT molecular complexity index is 1080. The van der Waals surface area contributed by atoms with E-state index in [0.29, 0.717) is 16.3 Å². The van der Waals surface area contributed by atoms with E-state index in [0.717, 1.165) is 4.57 Å². The summed E-state index contributed by atoms with van der Waals surface area (Å²) >= 11 is 6.00. The molecule has 1 amide bonds. The van der Waals surface area contributed by atoms with Crippen molar-refractivity contribution >= 4 is 34.2 Å². The lowest BCUT2D eigenvalue weighted by molar-refractivity contribution is 0.102. The number of nitrogens with one attached hydrogen (secondary N) is 1. The largest absolute Gasteiger partial charge is 0.332 e. The van der Waals surface area contributed by atoms with Gasteiger partial charge in [0, 0.05) is 14.1 Å². The molecular weight excluding hydrogens is 332 g/mol. The van der Waals surface area contributed by atoms with Crippen LogP contribution < -0.4 is 16.6 Å². The minimum absolute atomic E-state index is 0.233. The Hall–Kier alpha value is -2.93. The van der Waals surface area contributed by atoms with Gasteiger partial charge in [-0.3, -0.25) is 18.7 Å². The van der Waals surface area contributed by atoms with Gasteiger partial charge in [0.15, 0.2) is 0 Å². The highest BCUT2D eigenvalue weighted by atomic mass is 35.5. The monoisotopic (exact) mass is 344 g/mol. The molecule has 0 saturated carbocycles. The lowest BCUT2D eigenvalue weighted by Crippen LogP contribution is -2.37. The van der Waals surface area contributed by atoms with Crippen LogP contribution in [-0.2, 0) is 14.1 Å². The standard InChI is InChI=1S/C16H13ClN4O3/c1-20-13-11(15(23)21(2)16(20)24)7-9(8-18-13)19-14(22)10-5-3-4-6-12(10)17/h3-8H,1-2H3,(H,19,22). The SMILES string of the molecule is Cn1c(=O)c2cc(NC(=O)c3ccccc3Cl)cnc2n(C)c1=O. The zero-order valence-corrected chi connectivity index (χ0v) is 13.7. The summed E-state index contributed by atoms with van der Waals surface area (Å²) in [6.07, 6.45) is 1.38. The number of rotatable bonds is 2. The van der Waals surface area contributed by atoms with Gasteiger partial charge in [0.25, 0.3) is 11.5 Å². The van der Waals surface area contributed by atoms with Crippen LogP contribution in [0.2, 0.25) is 5.02 Å². The van der Waals surface area contributed by atoms with Gasteiger partial charge in [-0.1, -0.05) is 23.7 Å². The van der Waals surface area contributed by atoms with E-state index in [1.165, 1.54) is 30.9 Å². The Balaban J connectivity index is 2.06. The van der Waals surface area contributed by atoms with Gasteiger partial charge in [0.1, 0.15) is 5.65 Å². The fraction of sp³-hybridized carbons (Fsp3) is 0.125. The predicted molar refractivity (Wildman–Crippen MR) is 91.6 cm³/mol. The number of hydrogen-bond acceptors (Lipinski definition) is 4. The summed E-state index contributed by atoms with van der Waals surface area (Å²) in [5, 5.41) is 3.20. The molecule has 0 aliphatic rings. The van der Waals surface area contributed by atoms with E-state index in [4.69, 9.17) is 11.6 Å². The molecule has 0 saturated heterocycles. The summed E-state index contributed by atoms with van der Waals surface area (Å²) in [5.41, 5.74) is -0.0445. The molecule has 0 fully saturated rings. The number of aromatic nitrogens is 3. The lowest BCUT2D eigenvalue weighted by atomic mass is 10.2. The van der Waals surface area contributed by atoms with Crippen molar-refractivity contribution in [1.29, 1.82) is 0 Å². The number of hydrogen-bond donors (Lipinski definition) is 1. The van der Waals surface area contributed by atoms with Crippen LogP contribution in [0.25, 0.3) is 11.0 Å². The minimum Gasteiger partial charge on any atom is -0.321 e. The van der Waals surface area contributed by atoms with Crippen LogP contribution >= 0.6 is 11.6 Å². The molecule has 0 bridgehead atoms. The number of carbonyl (C=O) groups excluding carboxylic acids is 1. The second-order valence-electron chi connectivity index (χ2n) is 5.23. The zero-order chi connectivity index (χ0) is 17.4. The number of nitrogens with zero attached hydrogens (tertiary/aromatic N) is 3. The second-order valence-corrected chi connectivity index (χ2v) is 5.64. The maximum atomic E-state index is 12.3. The predicted octanol–water partition coefficient (Wildman–Crippen LogP) is 1.54. The topological polar surface area (TPSA) is 86.0 Å².